The molecular weight excluding hydrogens is 274 g/mol. The molecule has 0 bridgehead atoms. The molecule has 0 spiro atoms. The van der Waals surface area contributed by atoms with E-state index in [9.17, 15) is 4.79 Å². The Bertz CT molecular complexity index is 509. The third-order valence-electron chi connectivity index (χ3n) is 3.04. The zero-order valence-corrected chi connectivity index (χ0v) is 12.4. The normalized spacial score (nSPS) is 12.3. The van der Waals surface area contributed by atoms with Gasteiger partial charge in [0.1, 0.15) is 0 Å². The summed E-state index contributed by atoms with van der Waals surface area (Å²) in [5.41, 5.74) is 2.16. The van der Waals surface area contributed by atoms with Crippen molar-refractivity contribution in [3.63, 3.8) is 0 Å². The zero-order chi connectivity index (χ0) is 14.4. The van der Waals surface area contributed by atoms with E-state index in [0.717, 1.165) is 5.56 Å². The first-order chi connectivity index (χ1) is 9.66. The summed E-state index contributed by atoms with van der Waals surface area (Å²) < 4.78 is 4.95. The fourth-order valence-corrected chi connectivity index (χ4v) is 2.60. The van der Waals surface area contributed by atoms with Crippen molar-refractivity contribution in [2.45, 2.75) is 12.6 Å². The molecule has 2 amide bonds. The van der Waals surface area contributed by atoms with Crippen LogP contribution in [0.2, 0.25) is 0 Å². The summed E-state index contributed by atoms with van der Waals surface area (Å²) >= 11 is 1.66. The third-order valence-corrected chi connectivity index (χ3v) is 3.74. The van der Waals surface area contributed by atoms with Gasteiger partial charge in [-0.15, -0.1) is 0 Å². The van der Waals surface area contributed by atoms with E-state index in [2.05, 4.69) is 27.0 Å². The molecule has 2 N–H and O–H groups in total. The molecule has 2 aromatic heterocycles. The summed E-state index contributed by atoms with van der Waals surface area (Å²) in [6.45, 7) is 1.04. The minimum atomic E-state index is -0.173. The molecule has 108 valence electrons. The lowest BCUT2D eigenvalue weighted by Gasteiger charge is -2.24. The predicted molar refractivity (Wildman–Crippen MR) is 79.7 cm³/mol. The van der Waals surface area contributed by atoms with E-state index in [4.69, 9.17) is 4.42 Å². The highest BCUT2D eigenvalue weighted by Crippen LogP contribution is 2.19. The molecule has 1 unspecified atom stereocenters. The second kappa shape index (κ2) is 7.12. The van der Waals surface area contributed by atoms with Crippen molar-refractivity contribution in [1.29, 1.82) is 0 Å². The maximum absolute atomic E-state index is 11.8. The molecule has 2 rings (SSSR count). The van der Waals surface area contributed by atoms with Gasteiger partial charge in [0.15, 0.2) is 0 Å². The van der Waals surface area contributed by atoms with Crippen molar-refractivity contribution >= 4 is 17.4 Å². The Hall–Kier alpha value is -1.79. The molecule has 0 radical (unpaired) electrons. The van der Waals surface area contributed by atoms with Gasteiger partial charge < -0.3 is 20.0 Å². The monoisotopic (exact) mass is 293 g/mol. The van der Waals surface area contributed by atoms with Crippen LogP contribution in [-0.2, 0) is 6.54 Å². The topological polar surface area (TPSA) is 57.5 Å². The number of amides is 2. The summed E-state index contributed by atoms with van der Waals surface area (Å²) in [5.74, 6) is 0. The molecule has 6 heteroatoms. The van der Waals surface area contributed by atoms with Crippen LogP contribution in [-0.4, -0.2) is 31.6 Å². The van der Waals surface area contributed by atoms with Crippen molar-refractivity contribution in [2.24, 2.45) is 0 Å². The van der Waals surface area contributed by atoms with Crippen molar-refractivity contribution < 1.29 is 9.21 Å². The van der Waals surface area contributed by atoms with Crippen LogP contribution in [0.1, 0.15) is 17.2 Å². The fourth-order valence-electron chi connectivity index (χ4n) is 1.89. The van der Waals surface area contributed by atoms with Gasteiger partial charge in [-0.3, -0.25) is 0 Å². The number of thiophene rings is 1. The number of furan rings is 1. The summed E-state index contributed by atoms with van der Waals surface area (Å²) in [6, 6.07) is 3.92. The van der Waals surface area contributed by atoms with E-state index < -0.39 is 0 Å². The molecule has 0 saturated carbocycles. The van der Waals surface area contributed by atoms with E-state index in [1.54, 1.807) is 23.9 Å². The zero-order valence-electron chi connectivity index (χ0n) is 11.6. The maximum atomic E-state index is 11.8. The molecule has 0 aromatic carbocycles. The molecule has 1 atom stereocenters. The first-order valence-corrected chi connectivity index (χ1v) is 7.32. The minimum absolute atomic E-state index is 0.173. The lowest BCUT2D eigenvalue weighted by Crippen LogP contribution is -2.40. The highest BCUT2D eigenvalue weighted by Gasteiger charge is 2.15. The number of carbonyl (C=O) groups excluding carboxylic acids is 1. The Morgan fingerprint density at radius 1 is 1.40 bits per heavy atom. The van der Waals surface area contributed by atoms with Crippen LogP contribution in [0.25, 0.3) is 0 Å². The quantitative estimate of drug-likeness (QED) is 0.860. The van der Waals surface area contributed by atoms with Gasteiger partial charge in [-0.05, 0) is 42.6 Å². The first-order valence-electron chi connectivity index (χ1n) is 6.38. The summed E-state index contributed by atoms with van der Waals surface area (Å²) in [5, 5.41) is 9.85. The van der Waals surface area contributed by atoms with Crippen molar-refractivity contribution in [3.05, 3.63) is 46.5 Å². The molecular formula is C14H19N3O2S. The second-order valence-corrected chi connectivity index (χ2v) is 5.51. The third kappa shape index (κ3) is 4.11. The molecule has 20 heavy (non-hydrogen) atoms. The Morgan fingerprint density at radius 2 is 2.25 bits per heavy atom. The van der Waals surface area contributed by atoms with E-state index in [-0.39, 0.29) is 12.1 Å². The van der Waals surface area contributed by atoms with Gasteiger partial charge in [-0.1, -0.05) is 0 Å². The molecule has 0 aliphatic carbocycles. The van der Waals surface area contributed by atoms with E-state index in [0.29, 0.717) is 13.1 Å². The molecule has 2 heterocycles. The van der Waals surface area contributed by atoms with Crippen LogP contribution >= 0.6 is 11.3 Å². The van der Waals surface area contributed by atoms with Gasteiger partial charge in [0.25, 0.3) is 0 Å². The molecule has 2 aromatic rings. The minimum Gasteiger partial charge on any atom is -0.472 e. The highest BCUT2D eigenvalue weighted by molar-refractivity contribution is 7.07. The smallest absolute Gasteiger partial charge is 0.315 e. The average molecular weight is 293 g/mol. The summed E-state index contributed by atoms with van der Waals surface area (Å²) in [7, 11) is 4.01. The van der Waals surface area contributed by atoms with Crippen LogP contribution in [0.3, 0.4) is 0 Å². The van der Waals surface area contributed by atoms with Crippen LogP contribution in [0.4, 0.5) is 4.79 Å². The number of nitrogens with zero attached hydrogens (tertiary/aromatic N) is 1. The molecule has 0 aliphatic heterocycles. The highest BCUT2D eigenvalue weighted by atomic mass is 32.1. The van der Waals surface area contributed by atoms with Crippen molar-refractivity contribution in [1.82, 2.24) is 15.5 Å². The van der Waals surface area contributed by atoms with Gasteiger partial charge in [0, 0.05) is 18.7 Å². The molecule has 0 aliphatic rings. The van der Waals surface area contributed by atoms with Crippen LogP contribution < -0.4 is 10.6 Å². The lowest BCUT2D eigenvalue weighted by atomic mass is 10.1. The van der Waals surface area contributed by atoms with Crippen molar-refractivity contribution in [2.75, 3.05) is 20.6 Å². The van der Waals surface area contributed by atoms with Crippen LogP contribution in [0.5, 0.6) is 0 Å². The van der Waals surface area contributed by atoms with E-state index in [1.807, 2.05) is 25.5 Å². The molecule has 0 fully saturated rings. The number of hydrogen-bond acceptors (Lipinski definition) is 4. The van der Waals surface area contributed by atoms with Crippen LogP contribution in [0.15, 0.2) is 39.8 Å². The first kappa shape index (κ1) is 14.6. The van der Waals surface area contributed by atoms with Gasteiger partial charge in [0.2, 0.25) is 0 Å². The number of nitrogens with one attached hydrogen (secondary N) is 2. The average Bonchev–Trinajstić information content (AvgIpc) is 3.09. The standard InChI is InChI=1S/C14H19N3O2S/c1-17(2)13(12-4-6-20-10-12)8-16-14(18)15-7-11-3-5-19-9-11/h3-6,9-10,13H,7-8H2,1-2H3,(H2,15,16,18). The fraction of sp³-hybridized carbons (Fsp3) is 0.357. The molecule has 5 nitrogen and oxygen atoms in total. The number of carbonyl (C=O) groups is 1. The van der Waals surface area contributed by atoms with Gasteiger partial charge in [-0.25, -0.2) is 4.79 Å². The van der Waals surface area contributed by atoms with Crippen molar-refractivity contribution in [3.8, 4) is 0 Å². The summed E-state index contributed by atoms with van der Waals surface area (Å²) in [4.78, 5) is 13.9. The number of hydrogen-bond donors (Lipinski definition) is 2. The summed E-state index contributed by atoms with van der Waals surface area (Å²) in [6.07, 6.45) is 3.21. The lowest BCUT2D eigenvalue weighted by molar-refractivity contribution is 0.232. The number of urea groups is 1. The van der Waals surface area contributed by atoms with Gasteiger partial charge in [0.05, 0.1) is 18.6 Å². The Balaban J connectivity index is 1.79. The number of likely N-dealkylation sites (N-methyl/N-ethyl adjacent to an activating group) is 1. The predicted octanol–water partition coefficient (Wildman–Crippen LogP) is 2.44. The SMILES string of the molecule is CN(C)C(CNC(=O)NCc1ccoc1)c1ccsc1. The Kier molecular flexibility index (Phi) is 5.20. The molecule has 0 saturated heterocycles. The van der Waals surface area contributed by atoms with E-state index in [1.165, 1.54) is 5.56 Å². The largest absolute Gasteiger partial charge is 0.472 e. The Labute approximate surface area is 122 Å². The van der Waals surface area contributed by atoms with E-state index >= 15 is 0 Å². The van der Waals surface area contributed by atoms with Crippen LogP contribution in [0, 0.1) is 0 Å². The Morgan fingerprint density at radius 3 is 2.85 bits per heavy atom. The maximum Gasteiger partial charge on any atom is 0.315 e. The number of rotatable bonds is 6. The van der Waals surface area contributed by atoms with Gasteiger partial charge in [-0.2, -0.15) is 11.3 Å². The van der Waals surface area contributed by atoms with Gasteiger partial charge >= 0.3 is 6.03 Å². The second-order valence-electron chi connectivity index (χ2n) is 4.73.